The Balaban J connectivity index is 1.66. The second kappa shape index (κ2) is 10.0. The summed E-state index contributed by atoms with van der Waals surface area (Å²) in [6.07, 6.45) is 7.94. The molecule has 0 saturated carbocycles. The molecule has 1 aliphatic rings. The lowest BCUT2D eigenvalue weighted by Crippen LogP contribution is -2.28. The first kappa shape index (κ1) is 24.1. The van der Waals surface area contributed by atoms with E-state index in [1.807, 2.05) is 0 Å². The molecule has 0 aliphatic heterocycles. The number of allylic oxidation sites excluding steroid dienone is 4. The predicted octanol–water partition coefficient (Wildman–Crippen LogP) is 2.91. The van der Waals surface area contributed by atoms with Crippen LogP contribution in [0.5, 0.6) is 0 Å². The van der Waals surface area contributed by atoms with Crippen molar-refractivity contribution in [2.24, 2.45) is 5.92 Å². The third-order valence-electron chi connectivity index (χ3n) is 5.66. The van der Waals surface area contributed by atoms with Crippen molar-refractivity contribution in [1.29, 1.82) is 0 Å². The van der Waals surface area contributed by atoms with Gasteiger partial charge in [0, 0.05) is 12.3 Å². The molecule has 3 aromatic rings. The van der Waals surface area contributed by atoms with Crippen LogP contribution in [0.2, 0.25) is 0 Å². The third kappa shape index (κ3) is 4.89. The number of anilines is 1. The van der Waals surface area contributed by atoms with E-state index in [1.54, 1.807) is 25.1 Å². The molecule has 4 rings (SSSR count). The van der Waals surface area contributed by atoms with Crippen LogP contribution in [0.25, 0.3) is 16.6 Å². The molecule has 8 nitrogen and oxygen atoms in total. The molecule has 3 heterocycles. The van der Waals surface area contributed by atoms with Crippen LogP contribution in [-0.4, -0.2) is 53.7 Å². The molecule has 3 aromatic heterocycles. The molecule has 0 saturated heterocycles. The summed E-state index contributed by atoms with van der Waals surface area (Å²) in [6, 6.07) is 2.45. The summed E-state index contributed by atoms with van der Waals surface area (Å²) < 4.78 is 31.5. The second-order valence-corrected chi connectivity index (χ2v) is 8.74. The Hall–Kier alpha value is -3.08. The zero-order valence-corrected chi connectivity index (χ0v) is 19.0. The van der Waals surface area contributed by atoms with Crippen molar-refractivity contribution in [2.45, 2.75) is 37.4 Å². The normalized spacial score (nSPS) is 19.8. The minimum atomic E-state index is -0.721. The SMILES string of the molecule is C[C@@H](O)C[C@@H](CO)Nc1cc(-n2ccc3c(cnn3CC3C(F)=CC=CC3Cl)c2=O)c(F)cn1. The average Bonchev–Trinajstić information content (AvgIpc) is 3.21. The van der Waals surface area contributed by atoms with Crippen molar-refractivity contribution in [1.82, 2.24) is 19.3 Å². The first-order valence-electron chi connectivity index (χ1n) is 10.7. The quantitative estimate of drug-likeness (QED) is 0.418. The highest BCUT2D eigenvalue weighted by atomic mass is 35.5. The number of fused-ring (bicyclic) bond motifs is 1. The van der Waals surface area contributed by atoms with Gasteiger partial charge in [0.2, 0.25) is 0 Å². The Labute approximate surface area is 198 Å². The maximum Gasteiger partial charge on any atom is 0.266 e. The molecule has 0 amide bonds. The van der Waals surface area contributed by atoms with E-state index >= 15 is 0 Å². The minimum absolute atomic E-state index is 0.0434. The number of rotatable bonds is 8. The van der Waals surface area contributed by atoms with Crippen molar-refractivity contribution in [3.05, 3.63) is 70.9 Å². The van der Waals surface area contributed by atoms with E-state index in [4.69, 9.17) is 11.6 Å². The van der Waals surface area contributed by atoms with Crippen LogP contribution in [-0.2, 0) is 6.54 Å². The van der Waals surface area contributed by atoms with Crippen LogP contribution in [0, 0.1) is 11.7 Å². The molecule has 4 atom stereocenters. The lowest BCUT2D eigenvalue weighted by molar-refractivity contribution is 0.159. The van der Waals surface area contributed by atoms with Crippen LogP contribution < -0.4 is 10.9 Å². The van der Waals surface area contributed by atoms with Gasteiger partial charge >= 0.3 is 0 Å². The summed E-state index contributed by atoms with van der Waals surface area (Å²) in [6.45, 7) is 1.46. The topological polar surface area (TPSA) is 105 Å². The van der Waals surface area contributed by atoms with E-state index in [0.717, 1.165) is 10.8 Å². The molecular weight excluding hydrogens is 468 g/mol. The fraction of sp³-hybridized carbons (Fsp3) is 0.348. The van der Waals surface area contributed by atoms with Crippen LogP contribution in [0.15, 0.2) is 59.6 Å². The Morgan fingerprint density at radius 3 is 2.82 bits per heavy atom. The van der Waals surface area contributed by atoms with Gasteiger partial charge in [0.1, 0.15) is 11.6 Å². The number of alkyl halides is 1. The van der Waals surface area contributed by atoms with Gasteiger partial charge in [-0.3, -0.25) is 14.0 Å². The van der Waals surface area contributed by atoms with Gasteiger partial charge in [0.15, 0.2) is 5.82 Å². The number of nitrogens with one attached hydrogen (secondary N) is 1. The first-order valence-corrected chi connectivity index (χ1v) is 11.2. The average molecular weight is 492 g/mol. The maximum absolute atomic E-state index is 14.6. The fourth-order valence-corrected chi connectivity index (χ4v) is 4.23. The number of hydrogen-bond acceptors (Lipinski definition) is 6. The Bertz CT molecular complexity index is 1300. The molecule has 180 valence electrons. The van der Waals surface area contributed by atoms with Gasteiger partial charge < -0.3 is 15.5 Å². The summed E-state index contributed by atoms with van der Waals surface area (Å²) >= 11 is 6.23. The highest BCUT2D eigenvalue weighted by Crippen LogP contribution is 2.28. The molecule has 11 heteroatoms. The van der Waals surface area contributed by atoms with Crippen molar-refractivity contribution in [2.75, 3.05) is 11.9 Å². The van der Waals surface area contributed by atoms with E-state index in [2.05, 4.69) is 15.4 Å². The van der Waals surface area contributed by atoms with Crippen molar-refractivity contribution >= 4 is 28.3 Å². The Kier molecular flexibility index (Phi) is 7.11. The van der Waals surface area contributed by atoms with Crippen molar-refractivity contribution < 1.29 is 19.0 Å². The Morgan fingerprint density at radius 2 is 2.12 bits per heavy atom. The summed E-state index contributed by atoms with van der Waals surface area (Å²) in [5.41, 5.74) is -0.0832. The van der Waals surface area contributed by atoms with E-state index < -0.39 is 34.8 Å². The van der Waals surface area contributed by atoms with Gasteiger partial charge in [-0.05, 0) is 25.5 Å². The predicted molar refractivity (Wildman–Crippen MR) is 125 cm³/mol. The van der Waals surface area contributed by atoms with Crippen molar-refractivity contribution in [3.8, 4) is 5.69 Å². The highest BCUT2D eigenvalue weighted by molar-refractivity contribution is 6.22. The summed E-state index contributed by atoms with van der Waals surface area (Å²) in [4.78, 5) is 17.1. The zero-order chi connectivity index (χ0) is 24.4. The van der Waals surface area contributed by atoms with Gasteiger partial charge in [-0.1, -0.05) is 12.2 Å². The minimum Gasteiger partial charge on any atom is -0.394 e. The smallest absolute Gasteiger partial charge is 0.266 e. The summed E-state index contributed by atoms with van der Waals surface area (Å²) in [5.74, 6) is -1.47. The lowest BCUT2D eigenvalue weighted by atomic mass is 9.99. The standard InChI is InChI=1S/C23H24ClF2N5O3/c1-13(33)7-14(12-32)29-22-8-21(19(26)10-27-22)30-6-5-20-15(23(30)34)9-28-31(20)11-16-17(24)3-2-4-18(16)25/h2-6,8-10,13-14,16-17,32-33H,7,11-12H2,1H3,(H,27,29)/t13-,14+,16?,17?/m1/s1. The second-order valence-electron chi connectivity index (χ2n) is 8.23. The molecular formula is C23H24ClF2N5O3. The molecule has 0 aromatic carbocycles. The number of aliphatic hydroxyl groups is 2. The number of aromatic nitrogens is 4. The van der Waals surface area contributed by atoms with Gasteiger partial charge in [-0.15, -0.1) is 11.6 Å². The molecule has 3 N–H and O–H groups in total. The van der Waals surface area contributed by atoms with E-state index in [0.29, 0.717) is 5.52 Å². The van der Waals surface area contributed by atoms with E-state index in [9.17, 15) is 23.8 Å². The van der Waals surface area contributed by atoms with Gasteiger partial charge in [0.05, 0.1) is 65.6 Å². The van der Waals surface area contributed by atoms with Gasteiger partial charge in [-0.2, -0.15) is 5.10 Å². The monoisotopic (exact) mass is 491 g/mol. The van der Waals surface area contributed by atoms with Crippen LogP contribution >= 0.6 is 11.6 Å². The van der Waals surface area contributed by atoms with Crippen LogP contribution in [0.3, 0.4) is 0 Å². The van der Waals surface area contributed by atoms with Crippen LogP contribution in [0.4, 0.5) is 14.6 Å². The fourth-order valence-electron chi connectivity index (χ4n) is 3.94. The number of nitrogens with zero attached hydrogens (tertiary/aromatic N) is 4. The first-order chi connectivity index (χ1) is 16.3. The molecule has 0 radical (unpaired) electrons. The molecule has 1 aliphatic carbocycles. The third-order valence-corrected chi connectivity index (χ3v) is 6.11. The number of aliphatic hydroxyl groups excluding tert-OH is 2. The number of halogens is 3. The molecule has 2 unspecified atom stereocenters. The van der Waals surface area contributed by atoms with E-state index in [1.165, 1.54) is 29.2 Å². The molecule has 0 bridgehead atoms. The number of pyridine rings is 2. The van der Waals surface area contributed by atoms with Crippen molar-refractivity contribution in [3.63, 3.8) is 0 Å². The zero-order valence-electron chi connectivity index (χ0n) is 18.3. The highest BCUT2D eigenvalue weighted by Gasteiger charge is 2.26. The molecule has 34 heavy (non-hydrogen) atoms. The van der Waals surface area contributed by atoms with Gasteiger partial charge in [0.25, 0.3) is 5.56 Å². The maximum atomic E-state index is 14.6. The number of hydrogen-bond donors (Lipinski definition) is 3. The largest absolute Gasteiger partial charge is 0.394 e. The van der Waals surface area contributed by atoms with Crippen LogP contribution in [0.1, 0.15) is 13.3 Å². The lowest BCUT2D eigenvalue weighted by Gasteiger charge is -2.21. The molecule has 0 spiro atoms. The molecule has 0 fully saturated rings. The Morgan fingerprint density at radius 1 is 1.32 bits per heavy atom. The summed E-state index contributed by atoms with van der Waals surface area (Å²) in [7, 11) is 0. The van der Waals surface area contributed by atoms with Gasteiger partial charge in [-0.25, -0.2) is 13.8 Å². The van der Waals surface area contributed by atoms with E-state index in [-0.39, 0.29) is 42.3 Å². The summed E-state index contributed by atoms with van der Waals surface area (Å²) in [5, 5.41) is 25.9.